The van der Waals surface area contributed by atoms with Crippen LogP contribution < -0.4 is 16.8 Å². The minimum atomic E-state index is -1.07. The summed E-state index contributed by atoms with van der Waals surface area (Å²) in [6, 6.07) is 8.99. The van der Waals surface area contributed by atoms with Crippen molar-refractivity contribution in [2.75, 3.05) is 0 Å². The first-order valence-electron chi connectivity index (χ1n) is 10.7. The van der Waals surface area contributed by atoms with Gasteiger partial charge in [-0.05, 0) is 43.4 Å². The van der Waals surface area contributed by atoms with Crippen LogP contribution in [0.4, 0.5) is 10.1 Å². The molecule has 1 atom stereocenters. The number of nitrogens with one attached hydrogen (secondary N) is 1. The summed E-state index contributed by atoms with van der Waals surface area (Å²) < 4.78 is 13.3. The number of hydrogen-bond donors (Lipinski definition) is 3. The number of carbonyl (C=O) groups excluding carboxylic acids is 1. The number of carbonyl (C=O) groups is 1. The monoisotopic (exact) mass is 450 g/mol. The highest BCUT2D eigenvalue weighted by molar-refractivity contribution is 6.14. The first-order valence-corrected chi connectivity index (χ1v) is 10.7. The summed E-state index contributed by atoms with van der Waals surface area (Å²) in [7, 11) is 0. The number of nitrogens with two attached hydrogens (primary N) is 2. The number of nitriles is 1. The van der Waals surface area contributed by atoms with Crippen LogP contribution in [0.15, 0.2) is 52.8 Å². The predicted octanol–water partition coefficient (Wildman–Crippen LogP) is 2.16. The summed E-state index contributed by atoms with van der Waals surface area (Å²) in [6.45, 7) is 0.722. The minimum Gasteiger partial charge on any atom is -0.386 e. The third-order valence-electron chi connectivity index (χ3n) is 5.73. The zero-order valence-corrected chi connectivity index (χ0v) is 18.2. The van der Waals surface area contributed by atoms with Gasteiger partial charge in [-0.3, -0.25) is 14.8 Å². The quantitative estimate of drug-likeness (QED) is 0.302. The Kier molecular flexibility index (Phi) is 8.16. The Bertz CT molecular complexity index is 1040. The van der Waals surface area contributed by atoms with E-state index in [4.69, 9.17) is 11.5 Å². The van der Waals surface area contributed by atoms with E-state index in [0.717, 1.165) is 31.0 Å². The summed E-state index contributed by atoms with van der Waals surface area (Å²) in [5.74, 6) is -2.61. The lowest BCUT2D eigenvalue weighted by atomic mass is 9.78. The van der Waals surface area contributed by atoms with Crippen molar-refractivity contribution in [3.63, 3.8) is 0 Å². The van der Waals surface area contributed by atoms with E-state index in [1.165, 1.54) is 18.5 Å². The zero-order valence-electron chi connectivity index (χ0n) is 18.2. The molecule has 0 radical (unpaired) electrons. The van der Waals surface area contributed by atoms with E-state index in [1.54, 1.807) is 6.20 Å². The van der Waals surface area contributed by atoms with Crippen molar-refractivity contribution >= 4 is 23.6 Å². The average Bonchev–Trinajstić information content (AvgIpc) is 2.79. The van der Waals surface area contributed by atoms with E-state index in [9.17, 15) is 14.4 Å². The number of amides is 1. The number of hydrogen-bond acceptors (Lipinski definition) is 7. The zero-order chi connectivity index (χ0) is 23.7. The van der Waals surface area contributed by atoms with Crippen molar-refractivity contribution in [3.05, 3.63) is 54.4 Å². The molecule has 9 nitrogen and oxygen atoms in total. The number of amidine groups is 1. The molecule has 1 aliphatic carbocycles. The van der Waals surface area contributed by atoms with E-state index in [2.05, 4.69) is 31.3 Å². The molecule has 33 heavy (non-hydrogen) atoms. The third-order valence-corrected chi connectivity index (χ3v) is 5.73. The van der Waals surface area contributed by atoms with Crippen LogP contribution in [0, 0.1) is 23.2 Å². The van der Waals surface area contributed by atoms with Crippen LogP contribution in [0.2, 0.25) is 0 Å². The van der Waals surface area contributed by atoms with E-state index in [-0.39, 0.29) is 17.9 Å². The van der Waals surface area contributed by atoms with Gasteiger partial charge in [0.1, 0.15) is 11.8 Å². The topological polar surface area (TPSA) is 155 Å². The lowest BCUT2D eigenvalue weighted by molar-refractivity contribution is -0.118. The van der Waals surface area contributed by atoms with Crippen molar-refractivity contribution in [3.8, 4) is 6.07 Å². The Balaban J connectivity index is 1.67. The molecule has 0 aromatic carbocycles. The van der Waals surface area contributed by atoms with Gasteiger partial charge in [-0.15, -0.1) is 0 Å². The molecule has 1 fully saturated rings. The number of halogens is 1. The Labute approximate surface area is 191 Å². The molecule has 1 unspecified atom stereocenters. The number of nitrogens with zero attached hydrogens (tertiary/aromatic N) is 5. The first kappa shape index (κ1) is 23.9. The molecule has 2 aromatic rings. The van der Waals surface area contributed by atoms with Crippen LogP contribution >= 0.6 is 0 Å². The highest BCUT2D eigenvalue weighted by Gasteiger charge is 2.35. The van der Waals surface area contributed by atoms with Gasteiger partial charge in [0.15, 0.2) is 0 Å². The summed E-state index contributed by atoms with van der Waals surface area (Å²) in [6.07, 6.45) is 9.44. The SMILES string of the molecule is N#CCC1(N=CC(C(N)=O)C(N)=Nc2ccnc(F)c2)CCC(NCc2cccnc2)CC1. The maximum atomic E-state index is 13.3. The van der Waals surface area contributed by atoms with E-state index in [0.29, 0.717) is 18.9 Å². The highest BCUT2D eigenvalue weighted by Crippen LogP contribution is 2.35. The second-order valence-corrected chi connectivity index (χ2v) is 8.11. The second-order valence-electron chi connectivity index (χ2n) is 8.11. The standard InChI is InChI=1S/C23H27FN8O/c24-20-12-18(5-11-29-20)32-21(26)19(22(27)33)15-31-23(8-9-25)6-3-17(4-7-23)30-14-16-2-1-10-28-13-16/h1-2,5,10-13,15,17,19,30H,3-4,6-8,14H2,(H2,27,33)(H2,26,29,32). The number of aromatic nitrogens is 2. The molecule has 2 aromatic heterocycles. The predicted molar refractivity (Wildman–Crippen MR) is 123 cm³/mol. The van der Waals surface area contributed by atoms with Crippen LogP contribution in [-0.4, -0.2) is 39.5 Å². The summed E-state index contributed by atoms with van der Waals surface area (Å²) in [4.78, 5) is 28.3. The highest BCUT2D eigenvalue weighted by atomic mass is 19.1. The van der Waals surface area contributed by atoms with Crippen LogP contribution in [0.3, 0.4) is 0 Å². The molecule has 0 saturated heterocycles. The summed E-state index contributed by atoms with van der Waals surface area (Å²) in [5, 5.41) is 12.9. The smallest absolute Gasteiger partial charge is 0.233 e. The number of pyridine rings is 2. The largest absolute Gasteiger partial charge is 0.386 e. The van der Waals surface area contributed by atoms with Gasteiger partial charge in [0, 0.05) is 43.5 Å². The molecule has 2 heterocycles. The third kappa shape index (κ3) is 6.89. The molecule has 1 amide bonds. The fraction of sp³-hybridized carbons (Fsp3) is 0.391. The van der Waals surface area contributed by atoms with Crippen molar-refractivity contribution < 1.29 is 9.18 Å². The van der Waals surface area contributed by atoms with Gasteiger partial charge in [-0.1, -0.05) is 6.07 Å². The Morgan fingerprint density at radius 1 is 1.36 bits per heavy atom. The van der Waals surface area contributed by atoms with Crippen molar-refractivity contribution in [1.29, 1.82) is 5.26 Å². The molecule has 0 spiro atoms. The summed E-state index contributed by atoms with van der Waals surface area (Å²) in [5.41, 5.74) is 12.2. The molecule has 5 N–H and O–H groups in total. The van der Waals surface area contributed by atoms with E-state index in [1.807, 2.05) is 18.3 Å². The Morgan fingerprint density at radius 3 is 2.79 bits per heavy atom. The van der Waals surface area contributed by atoms with Gasteiger partial charge in [-0.2, -0.15) is 9.65 Å². The van der Waals surface area contributed by atoms with E-state index >= 15 is 0 Å². The number of primary amides is 1. The normalized spacial score (nSPS) is 22.1. The van der Waals surface area contributed by atoms with Crippen LogP contribution in [0.25, 0.3) is 0 Å². The maximum Gasteiger partial charge on any atom is 0.233 e. The number of rotatable bonds is 9. The molecular formula is C23H27FN8O. The minimum absolute atomic E-state index is 0.101. The molecule has 0 aliphatic heterocycles. The molecule has 172 valence electrons. The molecule has 0 bridgehead atoms. The van der Waals surface area contributed by atoms with Gasteiger partial charge < -0.3 is 16.8 Å². The van der Waals surface area contributed by atoms with Crippen molar-refractivity contribution in [2.24, 2.45) is 27.4 Å². The van der Waals surface area contributed by atoms with E-state index < -0.39 is 23.3 Å². The first-order chi connectivity index (χ1) is 15.9. The van der Waals surface area contributed by atoms with Crippen LogP contribution in [0.1, 0.15) is 37.7 Å². The fourth-order valence-electron chi connectivity index (χ4n) is 3.83. The molecule has 3 rings (SSSR count). The second kappa shape index (κ2) is 11.2. The van der Waals surface area contributed by atoms with Gasteiger partial charge >= 0.3 is 0 Å². The molecular weight excluding hydrogens is 423 g/mol. The summed E-state index contributed by atoms with van der Waals surface area (Å²) >= 11 is 0. The van der Waals surface area contributed by atoms with Gasteiger partial charge in [-0.25, -0.2) is 9.98 Å². The van der Waals surface area contributed by atoms with Crippen molar-refractivity contribution in [1.82, 2.24) is 15.3 Å². The van der Waals surface area contributed by atoms with Crippen LogP contribution in [0.5, 0.6) is 0 Å². The van der Waals surface area contributed by atoms with Gasteiger partial charge in [0.25, 0.3) is 0 Å². The molecule has 10 heteroatoms. The number of aliphatic imine (C=N–C) groups is 2. The Morgan fingerprint density at radius 2 is 2.15 bits per heavy atom. The van der Waals surface area contributed by atoms with Crippen LogP contribution in [-0.2, 0) is 11.3 Å². The lowest BCUT2D eigenvalue weighted by Crippen LogP contribution is -2.41. The Hall–Kier alpha value is -3.71. The van der Waals surface area contributed by atoms with Gasteiger partial charge in [0.05, 0.1) is 23.7 Å². The molecule has 1 aliphatic rings. The average molecular weight is 451 g/mol. The fourth-order valence-corrected chi connectivity index (χ4v) is 3.83. The van der Waals surface area contributed by atoms with Gasteiger partial charge in [0.2, 0.25) is 11.9 Å². The lowest BCUT2D eigenvalue weighted by Gasteiger charge is -2.36. The van der Waals surface area contributed by atoms with Crippen molar-refractivity contribution in [2.45, 2.75) is 50.2 Å². The molecule has 1 saturated carbocycles. The maximum absolute atomic E-state index is 13.3.